The van der Waals surface area contributed by atoms with Crippen LogP contribution in [0.1, 0.15) is 27.8 Å². The van der Waals surface area contributed by atoms with E-state index < -0.39 is 0 Å². The van der Waals surface area contributed by atoms with Crippen molar-refractivity contribution in [2.75, 3.05) is 33.2 Å². The van der Waals surface area contributed by atoms with Crippen LogP contribution in [-0.2, 0) is 5.75 Å². The standard InChI is InChI=1S/C17H26N2OS2.ClH/c1-11-13(3)16(20)14(4)12(2)15(11)10-22-17(21)19-8-6-18(5)7-9-19;/h20H,6-10H2,1-5H3;1H. The normalized spacial score (nSPS) is 15.4. The summed E-state index contributed by atoms with van der Waals surface area (Å²) in [5.74, 6) is 1.32. The van der Waals surface area contributed by atoms with E-state index in [2.05, 4.69) is 30.7 Å². The molecule has 1 aromatic carbocycles. The first kappa shape index (κ1) is 20.6. The minimum absolute atomic E-state index is 0. The Morgan fingerprint density at radius 2 is 1.48 bits per heavy atom. The van der Waals surface area contributed by atoms with Gasteiger partial charge in [0.05, 0.1) is 0 Å². The maximum absolute atomic E-state index is 10.2. The van der Waals surface area contributed by atoms with Crippen molar-refractivity contribution in [3.05, 3.63) is 27.8 Å². The molecule has 1 aliphatic rings. The number of hydrogen-bond acceptors (Lipinski definition) is 4. The minimum Gasteiger partial charge on any atom is -0.507 e. The number of thiocarbonyl (C=S) groups is 1. The SMILES string of the molecule is Cc1c(C)c(CSC(=S)N2CCN(C)CC2)c(C)c(C)c1O.Cl. The second-order valence-electron chi connectivity index (χ2n) is 6.17. The van der Waals surface area contributed by atoms with E-state index in [-0.39, 0.29) is 12.4 Å². The predicted octanol–water partition coefficient (Wildman–Crippen LogP) is 3.81. The number of halogens is 1. The summed E-state index contributed by atoms with van der Waals surface area (Å²) >= 11 is 7.36. The summed E-state index contributed by atoms with van der Waals surface area (Å²) in [6.45, 7) is 12.4. The number of benzene rings is 1. The van der Waals surface area contributed by atoms with Gasteiger partial charge >= 0.3 is 0 Å². The third kappa shape index (κ3) is 4.53. The number of phenolic OH excluding ortho intramolecular Hbond substituents is 1. The fraction of sp³-hybridized carbons (Fsp3) is 0.588. The van der Waals surface area contributed by atoms with Gasteiger partial charge in [0.25, 0.3) is 0 Å². The predicted molar refractivity (Wildman–Crippen MR) is 107 cm³/mol. The summed E-state index contributed by atoms with van der Waals surface area (Å²) in [6, 6.07) is 0. The van der Waals surface area contributed by atoms with Crippen LogP contribution in [0, 0.1) is 27.7 Å². The van der Waals surface area contributed by atoms with E-state index in [9.17, 15) is 5.11 Å². The van der Waals surface area contributed by atoms with Crippen LogP contribution in [-0.4, -0.2) is 52.5 Å². The van der Waals surface area contributed by atoms with E-state index in [1.807, 2.05) is 13.8 Å². The molecule has 1 saturated heterocycles. The zero-order chi connectivity index (χ0) is 16.4. The van der Waals surface area contributed by atoms with Crippen molar-refractivity contribution in [3.63, 3.8) is 0 Å². The molecule has 0 aliphatic carbocycles. The highest BCUT2D eigenvalue weighted by Crippen LogP contribution is 2.33. The van der Waals surface area contributed by atoms with Crippen molar-refractivity contribution in [1.29, 1.82) is 0 Å². The highest BCUT2D eigenvalue weighted by molar-refractivity contribution is 8.22. The summed E-state index contributed by atoms with van der Waals surface area (Å²) in [5.41, 5.74) is 5.67. The van der Waals surface area contributed by atoms with E-state index in [4.69, 9.17) is 12.2 Å². The van der Waals surface area contributed by atoms with E-state index >= 15 is 0 Å². The van der Waals surface area contributed by atoms with Crippen molar-refractivity contribution < 1.29 is 5.11 Å². The van der Waals surface area contributed by atoms with Crippen LogP contribution in [0.2, 0.25) is 0 Å². The molecule has 0 unspecified atom stereocenters. The lowest BCUT2D eigenvalue weighted by atomic mass is 9.94. The van der Waals surface area contributed by atoms with Crippen LogP contribution >= 0.6 is 36.4 Å². The van der Waals surface area contributed by atoms with Gasteiger partial charge in [-0.3, -0.25) is 0 Å². The van der Waals surface area contributed by atoms with Crippen molar-refractivity contribution >= 4 is 40.7 Å². The lowest BCUT2D eigenvalue weighted by Crippen LogP contribution is -2.45. The molecule has 1 aromatic rings. The van der Waals surface area contributed by atoms with Crippen LogP contribution in [0.3, 0.4) is 0 Å². The Bertz CT molecular complexity index is 555. The van der Waals surface area contributed by atoms with Crippen molar-refractivity contribution in [2.45, 2.75) is 33.4 Å². The molecule has 6 heteroatoms. The number of nitrogens with zero attached hydrogens (tertiary/aromatic N) is 2. The Balaban J connectivity index is 0.00000264. The van der Waals surface area contributed by atoms with Gasteiger partial charge in [-0.2, -0.15) is 0 Å². The van der Waals surface area contributed by atoms with Crippen LogP contribution in [0.5, 0.6) is 5.75 Å². The molecule has 130 valence electrons. The van der Waals surface area contributed by atoms with Gasteiger partial charge in [-0.15, -0.1) is 12.4 Å². The lowest BCUT2D eigenvalue weighted by molar-refractivity contribution is 0.220. The molecule has 0 aromatic heterocycles. The number of phenols is 1. The molecular formula is C17H27ClN2OS2. The molecule has 1 aliphatic heterocycles. The first-order valence-electron chi connectivity index (χ1n) is 7.71. The zero-order valence-corrected chi connectivity index (χ0v) is 17.1. The van der Waals surface area contributed by atoms with Crippen molar-refractivity contribution in [1.82, 2.24) is 9.80 Å². The van der Waals surface area contributed by atoms with Gasteiger partial charge in [-0.1, -0.05) is 24.0 Å². The van der Waals surface area contributed by atoms with Gasteiger partial charge in [-0.05, 0) is 62.6 Å². The summed E-state index contributed by atoms with van der Waals surface area (Å²) in [5, 5.41) is 10.2. The molecule has 0 bridgehead atoms. The van der Waals surface area contributed by atoms with Crippen LogP contribution < -0.4 is 0 Å². The number of rotatable bonds is 2. The summed E-state index contributed by atoms with van der Waals surface area (Å²) < 4.78 is 0.996. The lowest BCUT2D eigenvalue weighted by Gasteiger charge is -2.33. The van der Waals surface area contributed by atoms with Crippen molar-refractivity contribution in [2.24, 2.45) is 0 Å². The highest BCUT2D eigenvalue weighted by atomic mass is 35.5. The third-order valence-electron chi connectivity index (χ3n) is 4.84. The quantitative estimate of drug-likeness (QED) is 0.794. The van der Waals surface area contributed by atoms with Crippen molar-refractivity contribution in [3.8, 4) is 5.75 Å². The van der Waals surface area contributed by atoms with E-state index in [0.717, 1.165) is 47.4 Å². The molecule has 0 saturated carbocycles. The number of likely N-dealkylation sites (N-methyl/N-ethyl adjacent to an activating group) is 1. The number of piperazine rings is 1. The van der Waals surface area contributed by atoms with Gasteiger partial charge in [-0.25, -0.2) is 0 Å². The minimum atomic E-state index is 0. The highest BCUT2D eigenvalue weighted by Gasteiger charge is 2.19. The molecule has 1 fully saturated rings. The first-order valence-corrected chi connectivity index (χ1v) is 9.10. The van der Waals surface area contributed by atoms with Gasteiger partial charge in [0.15, 0.2) is 0 Å². The number of aromatic hydroxyl groups is 1. The number of hydrogen-bond donors (Lipinski definition) is 1. The first-order chi connectivity index (χ1) is 10.3. The average Bonchev–Trinajstić information content (AvgIpc) is 2.51. The molecule has 1 heterocycles. The molecular weight excluding hydrogens is 348 g/mol. The molecule has 23 heavy (non-hydrogen) atoms. The van der Waals surface area contributed by atoms with E-state index in [1.165, 1.54) is 16.7 Å². The van der Waals surface area contributed by atoms with Gasteiger partial charge in [0.1, 0.15) is 10.1 Å². The van der Waals surface area contributed by atoms with Crippen LogP contribution in [0.25, 0.3) is 0 Å². The fourth-order valence-electron chi connectivity index (χ4n) is 2.80. The largest absolute Gasteiger partial charge is 0.507 e. The summed E-state index contributed by atoms with van der Waals surface area (Å²) in [4.78, 5) is 4.65. The second kappa shape index (κ2) is 8.56. The molecule has 3 nitrogen and oxygen atoms in total. The molecule has 0 atom stereocenters. The monoisotopic (exact) mass is 374 g/mol. The Morgan fingerprint density at radius 1 is 1.00 bits per heavy atom. The maximum Gasteiger partial charge on any atom is 0.136 e. The zero-order valence-electron chi connectivity index (χ0n) is 14.6. The molecule has 2 rings (SSSR count). The van der Waals surface area contributed by atoms with E-state index in [1.54, 1.807) is 11.8 Å². The fourth-order valence-corrected chi connectivity index (χ4v) is 4.23. The average molecular weight is 375 g/mol. The van der Waals surface area contributed by atoms with Crippen LogP contribution in [0.4, 0.5) is 0 Å². The molecule has 1 N–H and O–H groups in total. The number of thioether (sulfide) groups is 1. The third-order valence-corrected chi connectivity index (χ3v) is 6.39. The summed E-state index contributed by atoms with van der Waals surface area (Å²) in [7, 11) is 2.16. The molecule has 0 radical (unpaired) electrons. The molecule has 0 amide bonds. The Kier molecular flexibility index (Phi) is 7.65. The Hall–Kier alpha value is -0.490. The second-order valence-corrected chi connectivity index (χ2v) is 7.78. The topological polar surface area (TPSA) is 26.7 Å². The Labute approximate surface area is 155 Å². The van der Waals surface area contributed by atoms with Gasteiger partial charge < -0.3 is 14.9 Å². The van der Waals surface area contributed by atoms with Gasteiger partial charge in [0, 0.05) is 31.9 Å². The molecule has 0 spiro atoms. The van der Waals surface area contributed by atoms with E-state index in [0.29, 0.717) is 5.75 Å². The summed E-state index contributed by atoms with van der Waals surface area (Å²) in [6.07, 6.45) is 0. The smallest absolute Gasteiger partial charge is 0.136 e. The maximum atomic E-state index is 10.2. The van der Waals surface area contributed by atoms with Crippen LogP contribution in [0.15, 0.2) is 0 Å². The Morgan fingerprint density at radius 3 is 1.96 bits per heavy atom. The van der Waals surface area contributed by atoms with Gasteiger partial charge in [0.2, 0.25) is 0 Å².